The molecule has 3 aromatic carbocycles. The predicted octanol–water partition coefficient (Wildman–Crippen LogP) is 5.58. The maximum Gasteiger partial charge on any atom is 0.271 e. The number of non-ortho nitro benzene ring substituents is 1. The number of nitriles is 1. The molecule has 0 saturated heterocycles. The number of amides is 2. The van der Waals surface area contributed by atoms with Crippen molar-refractivity contribution in [1.29, 1.82) is 5.26 Å². The molecular weight excluding hydrogens is 568 g/mol. The zero-order chi connectivity index (χ0) is 26.9. The van der Waals surface area contributed by atoms with E-state index in [1.165, 1.54) is 43.5 Å². The van der Waals surface area contributed by atoms with Gasteiger partial charge in [-0.3, -0.25) is 19.7 Å². The fourth-order valence-electron chi connectivity index (χ4n) is 3.06. The van der Waals surface area contributed by atoms with E-state index in [1.807, 2.05) is 6.07 Å². The van der Waals surface area contributed by atoms with Crippen LogP contribution in [0.3, 0.4) is 0 Å². The van der Waals surface area contributed by atoms with Gasteiger partial charge >= 0.3 is 0 Å². The van der Waals surface area contributed by atoms with E-state index in [4.69, 9.17) is 21.1 Å². The van der Waals surface area contributed by atoms with Crippen molar-refractivity contribution in [3.8, 4) is 17.6 Å². The normalized spacial score (nSPS) is 10.7. The summed E-state index contributed by atoms with van der Waals surface area (Å²) < 4.78 is 11.4. The van der Waals surface area contributed by atoms with Gasteiger partial charge in [0.1, 0.15) is 11.6 Å². The molecule has 188 valence electrons. The largest absolute Gasteiger partial charge is 0.493 e. The first-order chi connectivity index (χ1) is 17.7. The molecule has 2 N–H and O–H groups in total. The molecular formula is C25H18BrClN4O6. The molecule has 0 aliphatic rings. The second-order valence-corrected chi connectivity index (χ2v) is 8.54. The number of benzene rings is 3. The number of rotatable bonds is 9. The van der Waals surface area contributed by atoms with E-state index in [1.54, 1.807) is 30.3 Å². The summed E-state index contributed by atoms with van der Waals surface area (Å²) in [4.78, 5) is 35.3. The summed E-state index contributed by atoms with van der Waals surface area (Å²) in [7, 11) is 1.40. The second-order valence-electron chi connectivity index (χ2n) is 7.28. The lowest BCUT2D eigenvalue weighted by Gasteiger charge is -2.14. The van der Waals surface area contributed by atoms with E-state index in [2.05, 4.69) is 26.6 Å². The fraction of sp³-hybridized carbons (Fsp3) is 0.0800. The van der Waals surface area contributed by atoms with Gasteiger partial charge in [0.15, 0.2) is 18.1 Å². The quantitative estimate of drug-likeness (QED) is 0.144. The third kappa shape index (κ3) is 7.30. The highest BCUT2D eigenvalue weighted by Crippen LogP contribution is 2.37. The zero-order valence-electron chi connectivity index (χ0n) is 19.2. The lowest BCUT2D eigenvalue weighted by Crippen LogP contribution is -2.20. The van der Waals surface area contributed by atoms with Gasteiger partial charge in [-0.1, -0.05) is 29.8 Å². The van der Waals surface area contributed by atoms with Crippen LogP contribution in [-0.2, 0) is 9.59 Å². The van der Waals surface area contributed by atoms with Crippen molar-refractivity contribution in [3.63, 3.8) is 0 Å². The first-order valence-corrected chi connectivity index (χ1v) is 11.6. The molecule has 0 unspecified atom stereocenters. The zero-order valence-corrected chi connectivity index (χ0v) is 21.5. The minimum Gasteiger partial charge on any atom is -0.493 e. The summed E-state index contributed by atoms with van der Waals surface area (Å²) in [5, 5.41) is 25.9. The van der Waals surface area contributed by atoms with Crippen molar-refractivity contribution in [2.24, 2.45) is 0 Å². The van der Waals surface area contributed by atoms with Gasteiger partial charge in [0.25, 0.3) is 17.5 Å². The SMILES string of the molecule is COc1cc(/C=C(/C#N)C(=O)Nc2cccc([N+](=O)[O-])c2)cc(Br)c1OCC(=O)Nc1ccccc1Cl. The van der Waals surface area contributed by atoms with Crippen molar-refractivity contribution >= 4 is 62.5 Å². The summed E-state index contributed by atoms with van der Waals surface area (Å²) >= 11 is 9.41. The summed E-state index contributed by atoms with van der Waals surface area (Å²) in [5.41, 5.74) is 0.565. The van der Waals surface area contributed by atoms with E-state index in [9.17, 15) is 25.0 Å². The van der Waals surface area contributed by atoms with Gasteiger partial charge in [-0.2, -0.15) is 5.26 Å². The average molecular weight is 586 g/mol. The molecule has 10 nitrogen and oxygen atoms in total. The van der Waals surface area contributed by atoms with Gasteiger partial charge in [0, 0.05) is 17.8 Å². The highest BCUT2D eigenvalue weighted by Gasteiger charge is 2.16. The van der Waals surface area contributed by atoms with Crippen LogP contribution in [0.2, 0.25) is 5.02 Å². The van der Waals surface area contributed by atoms with E-state index in [-0.39, 0.29) is 35.1 Å². The number of halogens is 2. The predicted molar refractivity (Wildman–Crippen MR) is 142 cm³/mol. The molecule has 12 heteroatoms. The minimum absolute atomic E-state index is 0.165. The van der Waals surface area contributed by atoms with Gasteiger partial charge in [0.05, 0.1) is 27.2 Å². The monoisotopic (exact) mass is 584 g/mol. The summed E-state index contributed by atoms with van der Waals surface area (Å²) in [6.45, 7) is -0.343. The smallest absolute Gasteiger partial charge is 0.271 e. The van der Waals surface area contributed by atoms with Gasteiger partial charge in [-0.05, 0) is 57.9 Å². The molecule has 0 aliphatic heterocycles. The molecule has 0 aromatic heterocycles. The molecule has 2 amide bonds. The Balaban J connectivity index is 1.75. The molecule has 0 fully saturated rings. The van der Waals surface area contributed by atoms with Crippen LogP contribution in [0.25, 0.3) is 6.08 Å². The first kappa shape index (κ1) is 27.2. The number of ether oxygens (including phenoxy) is 2. The Labute approximate surface area is 224 Å². The number of anilines is 2. The van der Waals surface area contributed by atoms with Gasteiger partial charge in [-0.25, -0.2) is 0 Å². The van der Waals surface area contributed by atoms with Gasteiger partial charge < -0.3 is 20.1 Å². The first-order valence-electron chi connectivity index (χ1n) is 10.4. The van der Waals surface area contributed by atoms with Crippen LogP contribution in [0.5, 0.6) is 11.5 Å². The number of hydrogen-bond acceptors (Lipinski definition) is 7. The third-order valence-corrected chi connectivity index (χ3v) is 5.66. The summed E-state index contributed by atoms with van der Waals surface area (Å²) in [6, 6.07) is 17.0. The highest BCUT2D eigenvalue weighted by atomic mass is 79.9. The Hall–Kier alpha value is -4.40. The summed E-state index contributed by atoms with van der Waals surface area (Å²) in [6.07, 6.45) is 1.31. The van der Waals surface area contributed by atoms with Crippen LogP contribution in [0.4, 0.5) is 17.1 Å². The third-order valence-electron chi connectivity index (χ3n) is 4.74. The molecule has 0 bridgehead atoms. The van der Waals surface area contributed by atoms with Crippen LogP contribution in [0.15, 0.2) is 70.7 Å². The molecule has 0 heterocycles. The molecule has 0 spiro atoms. The Morgan fingerprint density at radius 1 is 1.16 bits per heavy atom. The Bertz CT molecular complexity index is 1440. The number of carbonyl (C=O) groups is 2. The Morgan fingerprint density at radius 2 is 1.92 bits per heavy atom. The molecule has 3 aromatic rings. The number of para-hydroxylation sites is 1. The minimum atomic E-state index is -0.755. The second kappa shape index (κ2) is 12.5. The van der Waals surface area contributed by atoms with Crippen LogP contribution >= 0.6 is 27.5 Å². The fourth-order valence-corrected chi connectivity index (χ4v) is 3.82. The highest BCUT2D eigenvalue weighted by molar-refractivity contribution is 9.10. The van der Waals surface area contributed by atoms with Gasteiger partial charge in [0.2, 0.25) is 0 Å². The molecule has 37 heavy (non-hydrogen) atoms. The lowest BCUT2D eigenvalue weighted by atomic mass is 10.1. The van der Waals surface area contributed by atoms with E-state index >= 15 is 0 Å². The number of hydrogen-bond donors (Lipinski definition) is 2. The molecule has 0 atom stereocenters. The van der Waals surface area contributed by atoms with Crippen molar-refractivity contribution in [2.75, 3.05) is 24.4 Å². The average Bonchev–Trinajstić information content (AvgIpc) is 2.87. The van der Waals surface area contributed by atoms with E-state index in [0.29, 0.717) is 20.7 Å². The van der Waals surface area contributed by atoms with Crippen LogP contribution in [0, 0.1) is 21.4 Å². The number of nitrogens with zero attached hydrogens (tertiary/aromatic N) is 2. The Morgan fingerprint density at radius 3 is 2.59 bits per heavy atom. The van der Waals surface area contributed by atoms with E-state index < -0.39 is 16.7 Å². The van der Waals surface area contributed by atoms with Crippen molar-refractivity contribution < 1.29 is 24.0 Å². The molecule has 0 saturated carbocycles. The van der Waals surface area contributed by atoms with E-state index in [0.717, 1.165) is 0 Å². The number of carbonyl (C=O) groups excluding carboxylic acids is 2. The maximum atomic E-state index is 12.6. The standard InChI is InChI=1S/C25H18BrClN4O6/c1-36-22-11-15(9-16(13-28)25(33)29-17-5-4-6-18(12-17)31(34)35)10-19(26)24(22)37-14-23(32)30-21-8-3-2-7-20(21)27/h2-12H,14H2,1H3,(H,29,33)(H,30,32)/b16-9-. The number of methoxy groups -OCH3 is 1. The topological polar surface area (TPSA) is 144 Å². The van der Waals surface area contributed by atoms with Crippen molar-refractivity contribution in [1.82, 2.24) is 0 Å². The number of nitro benzene ring substituents is 1. The van der Waals surface area contributed by atoms with Crippen LogP contribution in [0.1, 0.15) is 5.56 Å². The van der Waals surface area contributed by atoms with Crippen molar-refractivity contribution in [3.05, 3.63) is 91.4 Å². The molecule has 0 aliphatic carbocycles. The Kier molecular flexibility index (Phi) is 9.21. The van der Waals surface area contributed by atoms with Crippen LogP contribution in [-0.4, -0.2) is 30.5 Å². The van der Waals surface area contributed by atoms with Crippen molar-refractivity contribution in [2.45, 2.75) is 0 Å². The number of nitro groups is 1. The van der Waals surface area contributed by atoms with Crippen LogP contribution < -0.4 is 20.1 Å². The maximum absolute atomic E-state index is 12.6. The molecule has 0 radical (unpaired) electrons. The lowest BCUT2D eigenvalue weighted by molar-refractivity contribution is -0.384. The molecule has 3 rings (SSSR count). The van der Waals surface area contributed by atoms with Gasteiger partial charge in [-0.15, -0.1) is 0 Å². The summed E-state index contributed by atoms with van der Waals surface area (Å²) in [5.74, 6) is -0.735. The number of nitrogens with one attached hydrogen (secondary N) is 2.